The lowest BCUT2D eigenvalue weighted by Gasteiger charge is -2.11. The predicted molar refractivity (Wildman–Crippen MR) is 46.8 cm³/mol. The first-order chi connectivity index (χ1) is 5.98. The van der Waals surface area contributed by atoms with Crippen molar-refractivity contribution in [3.63, 3.8) is 0 Å². The van der Waals surface area contributed by atoms with E-state index in [1.54, 1.807) is 39.5 Å². The maximum Gasteiger partial charge on any atom is 0.347 e. The first-order valence-electron chi connectivity index (χ1n) is 3.77. The van der Waals surface area contributed by atoms with Gasteiger partial charge in [-0.3, -0.25) is 0 Å². The molecule has 0 spiro atoms. The molecule has 0 aliphatic rings. The molecule has 74 valence electrons. The van der Waals surface area contributed by atoms with Gasteiger partial charge in [-0.15, -0.1) is 0 Å². The van der Waals surface area contributed by atoms with Crippen LogP contribution in [0.2, 0.25) is 0 Å². The molecular formula is C8H14N2O3. The zero-order valence-corrected chi connectivity index (χ0v) is 7.94. The van der Waals surface area contributed by atoms with Crippen LogP contribution < -0.4 is 0 Å². The molecule has 0 aliphatic carbocycles. The molecule has 0 amide bonds. The van der Waals surface area contributed by atoms with E-state index in [-0.39, 0.29) is 0 Å². The van der Waals surface area contributed by atoms with Crippen LogP contribution in [0.3, 0.4) is 0 Å². The molecule has 1 aromatic rings. The number of aromatic nitrogens is 2. The molecule has 0 unspecified atom stereocenters. The van der Waals surface area contributed by atoms with E-state index in [2.05, 4.69) is 14.9 Å². The van der Waals surface area contributed by atoms with Crippen molar-refractivity contribution < 1.29 is 14.9 Å². The van der Waals surface area contributed by atoms with E-state index in [0.29, 0.717) is 0 Å². The first-order valence-corrected chi connectivity index (χ1v) is 3.77. The zero-order valence-electron chi connectivity index (χ0n) is 7.94. The molecule has 5 nitrogen and oxygen atoms in total. The average Bonchev–Trinajstić information content (AvgIpc) is 2.58. The number of hydrogen-bond donors (Lipinski definition) is 2. The van der Waals surface area contributed by atoms with Crippen LogP contribution in [-0.2, 0) is 9.68 Å². The summed E-state index contributed by atoms with van der Waals surface area (Å²) < 4.78 is 0. The quantitative estimate of drug-likeness (QED) is 0.475. The fourth-order valence-electron chi connectivity index (χ4n) is 0.352. The highest BCUT2D eigenvalue weighted by atomic mass is 17.1. The highest BCUT2D eigenvalue weighted by Gasteiger charge is 2.22. The summed E-state index contributed by atoms with van der Waals surface area (Å²) in [6.45, 7) is 4.97. The number of carbonyl (C=O) groups is 1. The number of nitrogens with zero attached hydrogens (tertiary/aromatic N) is 1. The molecule has 2 N–H and O–H groups in total. The Bertz CT molecular complexity index is 209. The number of aromatic amines is 1. The number of carbonyl (C=O) groups excluding carboxylic acids is 1. The van der Waals surface area contributed by atoms with Crippen LogP contribution in [0.15, 0.2) is 18.7 Å². The summed E-state index contributed by atoms with van der Waals surface area (Å²) in [4.78, 5) is 20.3. The standard InChI is InChI=1S/C5H10O3.C3H4N2/c1-5(2,3)4(6)8-7;1-2-5-3-4-1/h7H,1-3H3;1-3H,(H,4,5). The number of nitrogens with one attached hydrogen (secondary N) is 1. The minimum atomic E-state index is -0.613. The Morgan fingerprint density at radius 3 is 2.23 bits per heavy atom. The van der Waals surface area contributed by atoms with Crippen molar-refractivity contribution in [2.24, 2.45) is 5.41 Å². The predicted octanol–water partition coefficient (Wildman–Crippen LogP) is 1.46. The summed E-state index contributed by atoms with van der Waals surface area (Å²) in [6.07, 6.45) is 5.08. The molecular weight excluding hydrogens is 172 g/mol. The minimum Gasteiger partial charge on any atom is -0.351 e. The molecule has 0 aromatic carbocycles. The second-order valence-corrected chi connectivity index (χ2v) is 3.39. The van der Waals surface area contributed by atoms with E-state index in [0.717, 1.165) is 0 Å². The Hall–Kier alpha value is -1.36. The third kappa shape index (κ3) is 5.86. The highest BCUT2D eigenvalue weighted by molar-refractivity contribution is 5.74. The maximum absolute atomic E-state index is 10.4. The van der Waals surface area contributed by atoms with E-state index in [4.69, 9.17) is 5.26 Å². The molecule has 0 radical (unpaired) electrons. The average molecular weight is 186 g/mol. The van der Waals surface area contributed by atoms with Crippen molar-refractivity contribution in [3.05, 3.63) is 18.7 Å². The molecule has 0 fully saturated rings. The summed E-state index contributed by atoms with van der Waals surface area (Å²) in [5.74, 6) is -0.613. The van der Waals surface area contributed by atoms with Crippen LogP contribution in [0.25, 0.3) is 0 Å². The van der Waals surface area contributed by atoms with Crippen molar-refractivity contribution in [3.8, 4) is 0 Å². The van der Waals surface area contributed by atoms with Gasteiger partial charge in [0.15, 0.2) is 0 Å². The van der Waals surface area contributed by atoms with Crippen molar-refractivity contribution >= 4 is 5.97 Å². The fourth-order valence-corrected chi connectivity index (χ4v) is 0.352. The molecule has 5 heteroatoms. The number of rotatable bonds is 0. The lowest BCUT2D eigenvalue weighted by Crippen LogP contribution is -2.21. The van der Waals surface area contributed by atoms with E-state index >= 15 is 0 Å². The maximum atomic E-state index is 10.4. The van der Waals surface area contributed by atoms with Crippen LogP contribution >= 0.6 is 0 Å². The van der Waals surface area contributed by atoms with E-state index in [1.165, 1.54) is 0 Å². The van der Waals surface area contributed by atoms with E-state index < -0.39 is 11.4 Å². The van der Waals surface area contributed by atoms with Gasteiger partial charge in [-0.1, -0.05) is 0 Å². The SMILES string of the molecule is CC(C)(C)C(=O)OO.c1c[nH]cn1. The number of hydrogen-bond acceptors (Lipinski definition) is 4. The Labute approximate surface area is 76.7 Å². The van der Waals surface area contributed by atoms with Gasteiger partial charge in [-0.25, -0.2) is 9.78 Å². The van der Waals surface area contributed by atoms with Gasteiger partial charge in [-0.2, -0.15) is 5.26 Å². The van der Waals surface area contributed by atoms with Gasteiger partial charge in [0.1, 0.15) is 0 Å². The van der Waals surface area contributed by atoms with Crippen LogP contribution in [0.1, 0.15) is 20.8 Å². The normalized spacial score (nSPS) is 9.85. The number of H-pyrrole nitrogens is 1. The largest absolute Gasteiger partial charge is 0.351 e. The van der Waals surface area contributed by atoms with E-state index in [9.17, 15) is 4.79 Å². The third-order valence-electron chi connectivity index (χ3n) is 1.10. The summed E-state index contributed by atoms with van der Waals surface area (Å²) in [5.41, 5.74) is -0.602. The second kappa shape index (κ2) is 5.31. The van der Waals surface area contributed by atoms with Gasteiger partial charge in [-0.05, 0) is 20.8 Å². The Balaban J connectivity index is 0.000000243. The van der Waals surface area contributed by atoms with Crippen LogP contribution in [0.5, 0.6) is 0 Å². The van der Waals surface area contributed by atoms with Crippen molar-refractivity contribution in [2.45, 2.75) is 20.8 Å². The van der Waals surface area contributed by atoms with Gasteiger partial charge in [0, 0.05) is 12.4 Å². The highest BCUT2D eigenvalue weighted by Crippen LogP contribution is 2.13. The van der Waals surface area contributed by atoms with Crippen LogP contribution in [0, 0.1) is 5.41 Å². The molecule has 0 bridgehead atoms. The molecule has 1 rings (SSSR count). The smallest absolute Gasteiger partial charge is 0.347 e. The number of imidazole rings is 1. The Morgan fingerprint density at radius 2 is 2.15 bits per heavy atom. The zero-order chi connectivity index (χ0) is 10.3. The Kier molecular flexibility index (Phi) is 4.76. The fraction of sp³-hybridized carbons (Fsp3) is 0.500. The Morgan fingerprint density at radius 1 is 1.54 bits per heavy atom. The first kappa shape index (κ1) is 11.6. The van der Waals surface area contributed by atoms with Crippen LogP contribution in [0.4, 0.5) is 0 Å². The lowest BCUT2D eigenvalue weighted by atomic mass is 9.98. The molecule has 0 aliphatic heterocycles. The van der Waals surface area contributed by atoms with Crippen molar-refractivity contribution in [2.75, 3.05) is 0 Å². The molecule has 1 heterocycles. The van der Waals surface area contributed by atoms with Gasteiger partial charge in [0.05, 0.1) is 11.7 Å². The molecule has 0 atom stereocenters. The van der Waals surface area contributed by atoms with Crippen molar-refractivity contribution in [1.82, 2.24) is 9.97 Å². The van der Waals surface area contributed by atoms with Crippen molar-refractivity contribution in [1.29, 1.82) is 0 Å². The summed E-state index contributed by atoms with van der Waals surface area (Å²) in [5, 5.41) is 7.82. The topological polar surface area (TPSA) is 75.2 Å². The molecule has 1 aromatic heterocycles. The lowest BCUT2D eigenvalue weighted by molar-refractivity contribution is -0.243. The van der Waals surface area contributed by atoms with Crippen LogP contribution in [-0.4, -0.2) is 21.2 Å². The minimum absolute atomic E-state index is 0.602. The monoisotopic (exact) mass is 186 g/mol. The second-order valence-electron chi connectivity index (χ2n) is 3.39. The summed E-state index contributed by atoms with van der Waals surface area (Å²) in [6, 6.07) is 0. The van der Waals surface area contributed by atoms with Gasteiger partial charge in [0.2, 0.25) is 0 Å². The molecule has 0 saturated carbocycles. The summed E-state index contributed by atoms with van der Waals surface area (Å²) in [7, 11) is 0. The van der Waals surface area contributed by atoms with Gasteiger partial charge >= 0.3 is 5.97 Å². The van der Waals surface area contributed by atoms with E-state index in [1.807, 2.05) is 0 Å². The molecule has 13 heavy (non-hydrogen) atoms. The third-order valence-corrected chi connectivity index (χ3v) is 1.10. The van der Waals surface area contributed by atoms with Gasteiger partial charge in [0.25, 0.3) is 0 Å². The van der Waals surface area contributed by atoms with Gasteiger partial charge < -0.3 is 9.87 Å². The summed E-state index contributed by atoms with van der Waals surface area (Å²) >= 11 is 0. The molecule has 0 saturated heterocycles.